The normalized spacial score (nSPS) is 18.9. The van der Waals surface area contributed by atoms with Crippen molar-refractivity contribution in [2.75, 3.05) is 6.54 Å². The van der Waals surface area contributed by atoms with Crippen molar-refractivity contribution >= 4 is 6.03 Å². The van der Waals surface area contributed by atoms with Gasteiger partial charge in [0.05, 0.1) is 30.4 Å². The number of nitrogens with zero attached hydrogens (tertiary/aromatic N) is 2. The Labute approximate surface area is 153 Å². The molecule has 2 atom stereocenters. The Kier molecular flexibility index (Phi) is 4.93. The minimum absolute atomic E-state index is 0.0664. The first-order valence-electron chi connectivity index (χ1n) is 9.56. The Morgan fingerprint density at radius 1 is 1.31 bits per heavy atom. The molecule has 0 bridgehead atoms. The Morgan fingerprint density at radius 2 is 2.15 bits per heavy atom. The molecule has 6 heteroatoms. The summed E-state index contributed by atoms with van der Waals surface area (Å²) in [7, 11) is 0. The van der Waals surface area contributed by atoms with Crippen molar-refractivity contribution in [2.45, 2.75) is 56.7 Å². The van der Waals surface area contributed by atoms with Crippen LogP contribution >= 0.6 is 0 Å². The first-order valence-corrected chi connectivity index (χ1v) is 9.56. The zero-order chi connectivity index (χ0) is 17.9. The lowest BCUT2D eigenvalue weighted by Crippen LogP contribution is -2.37. The van der Waals surface area contributed by atoms with Crippen LogP contribution < -0.4 is 10.6 Å². The van der Waals surface area contributed by atoms with E-state index in [1.54, 1.807) is 0 Å². The van der Waals surface area contributed by atoms with Crippen molar-refractivity contribution in [1.82, 2.24) is 20.2 Å². The number of hydrogen-bond acceptors (Lipinski definition) is 3. The van der Waals surface area contributed by atoms with E-state index in [4.69, 9.17) is 0 Å². The van der Waals surface area contributed by atoms with Crippen molar-refractivity contribution in [1.29, 1.82) is 0 Å². The number of imidazole rings is 1. The zero-order valence-electron chi connectivity index (χ0n) is 14.9. The Balaban J connectivity index is 1.22. The fraction of sp³-hybridized carbons (Fsp3) is 0.500. The molecule has 1 aliphatic heterocycles. The minimum Gasteiger partial charge on any atom is -0.393 e. The summed E-state index contributed by atoms with van der Waals surface area (Å²) >= 11 is 0. The summed E-state index contributed by atoms with van der Waals surface area (Å²) in [6, 6.07) is 8.83. The maximum atomic E-state index is 11.5. The van der Waals surface area contributed by atoms with E-state index in [0.29, 0.717) is 19.0 Å². The number of aliphatic hydroxyl groups is 1. The summed E-state index contributed by atoms with van der Waals surface area (Å²) in [5.41, 5.74) is 3.61. The monoisotopic (exact) mass is 354 g/mol. The number of fused-ring (bicyclic) bond motifs is 3. The predicted molar refractivity (Wildman–Crippen MR) is 99.8 cm³/mol. The molecule has 2 aromatic rings. The summed E-state index contributed by atoms with van der Waals surface area (Å²) < 4.78 is 2.16. The van der Waals surface area contributed by atoms with E-state index in [9.17, 15) is 9.90 Å². The molecule has 4 rings (SSSR count). The molecule has 2 unspecified atom stereocenters. The van der Waals surface area contributed by atoms with Crippen LogP contribution in [0.5, 0.6) is 0 Å². The molecule has 2 aliphatic rings. The van der Waals surface area contributed by atoms with Crippen molar-refractivity contribution < 1.29 is 9.90 Å². The summed E-state index contributed by atoms with van der Waals surface area (Å²) in [5.74, 6) is 0. The average molecular weight is 354 g/mol. The number of nitrogens with one attached hydrogen (secondary N) is 2. The lowest BCUT2D eigenvalue weighted by molar-refractivity contribution is 0.139. The van der Waals surface area contributed by atoms with E-state index in [2.05, 4.69) is 38.4 Å². The highest BCUT2D eigenvalue weighted by molar-refractivity contribution is 5.74. The van der Waals surface area contributed by atoms with Gasteiger partial charge in [-0.3, -0.25) is 0 Å². The van der Waals surface area contributed by atoms with E-state index in [0.717, 1.165) is 37.8 Å². The van der Waals surface area contributed by atoms with Crippen LogP contribution in [0.25, 0.3) is 11.3 Å². The third kappa shape index (κ3) is 3.75. The minimum atomic E-state index is -0.360. The van der Waals surface area contributed by atoms with Gasteiger partial charge in [0.1, 0.15) is 0 Å². The molecule has 0 radical (unpaired) electrons. The lowest BCUT2D eigenvalue weighted by Gasteiger charge is -2.19. The van der Waals surface area contributed by atoms with Crippen LogP contribution in [0.1, 0.15) is 50.1 Å². The average Bonchev–Trinajstić information content (AvgIpc) is 3.22. The molecular formula is C20H26N4O2. The molecule has 3 N–H and O–H groups in total. The molecule has 1 saturated carbocycles. The highest BCUT2D eigenvalue weighted by atomic mass is 16.3. The van der Waals surface area contributed by atoms with E-state index in [1.807, 2.05) is 18.6 Å². The van der Waals surface area contributed by atoms with Crippen molar-refractivity contribution in [3.05, 3.63) is 42.4 Å². The number of carbonyl (C=O) groups excluding carboxylic acids is 1. The van der Waals surface area contributed by atoms with E-state index >= 15 is 0 Å². The summed E-state index contributed by atoms with van der Waals surface area (Å²) in [6.45, 7) is 0.656. The fourth-order valence-corrected chi connectivity index (χ4v) is 3.72. The number of urea groups is 1. The molecule has 1 aromatic heterocycles. The Morgan fingerprint density at radius 3 is 3.00 bits per heavy atom. The van der Waals surface area contributed by atoms with Gasteiger partial charge >= 0.3 is 6.03 Å². The third-order valence-corrected chi connectivity index (χ3v) is 5.26. The summed E-state index contributed by atoms with van der Waals surface area (Å²) in [6.07, 6.45) is 8.80. The number of rotatable bonds is 8. The second kappa shape index (κ2) is 7.50. The third-order valence-electron chi connectivity index (χ3n) is 5.26. The van der Waals surface area contributed by atoms with Crippen LogP contribution in [-0.4, -0.2) is 39.4 Å². The molecule has 2 heterocycles. The maximum absolute atomic E-state index is 11.5. The van der Waals surface area contributed by atoms with Gasteiger partial charge in [-0.05, 0) is 44.1 Å². The van der Waals surface area contributed by atoms with Gasteiger partial charge in [-0.2, -0.15) is 0 Å². The van der Waals surface area contributed by atoms with Crippen molar-refractivity contribution in [2.24, 2.45) is 0 Å². The number of unbranched alkanes of at least 4 members (excludes halogenated alkanes) is 1. The molecule has 6 nitrogen and oxygen atoms in total. The fourth-order valence-electron chi connectivity index (χ4n) is 3.72. The number of aromatic nitrogens is 2. The maximum Gasteiger partial charge on any atom is 0.315 e. The molecule has 1 aromatic carbocycles. The largest absolute Gasteiger partial charge is 0.393 e. The summed E-state index contributed by atoms with van der Waals surface area (Å²) in [5, 5.41) is 16.3. The molecule has 26 heavy (non-hydrogen) atoms. The number of hydrogen-bond donors (Lipinski definition) is 3. The van der Waals surface area contributed by atoms with Gasteiger partial charge in [-0.1, -0.05) is 24.3 Å². The molecule has 138 valence electrons. The number of benzene rings is 1. The topological polar surface area (TPSA) is 79.2 Å². The number of carbonyl (C=O) groups is 1. The quantitative estimate of drug-likeness (QED) is 0.638. The van der Waals surface area contributed by atoms with Gasteiger partial charge in [0, 0.05) is 18.2 Å². The number of aliphatic hydroxyl groups excluding tert-OH is 1. The second-order valence-corrected chi connectivity index (χ2v) is 7.35. The van der Waals surface area contributed by atoms with Crippen LogP contribution in [0.3, 0.4) is 0 Å². The molecule has 1 aliphatic carbocycles. The number of amides is 2. The van der Waals surface area contributed by atoms with Gasteiger partial charge in [0.2, 0.25) is 0 Å². The molecule has 0 saturated heterocycles. The van der Waals surface area contributed by atoms with Crippen LogP contribution in [0.15, 0.2) is 36.8 Å². The molecule has 1 fully saturated rings. The first-order chi connectivity index (χ1) is 12.7. The predicted octanol–water partition coefficient (Wildman–Crippen LogP) is 2.84. The Hall–Kier alpha value is -2.34. The molecular weight excluding hydrogens is 328 g/mol. The Bertz CT molecular complexity index is 769. The first kappa shape index (κ1) is 17.1. The summed E-state index contributed by atoms with van der Waals surface area (Å²) in [4.78, 5) is 15.8. The van der Waals surface area contributed by atoms with Gasteiger partial charge in [-0.25, -0.2) is 9.78 Å². The van der Waals surface area contributed by atoms with Crippen LogP contribution in [0.2, 0.25) is 0 Å². The van der Waals surface area contributed by atoms with Gasteiger partial charge < -0.3 is 20.3 Å². The van der Waals surface area contributed by atoms with Gasteiger partial charge in [0.15, 0.2) is 0 Å². The second-order valence-electron chi connectivity index (χ2n) is 7.35. The smallest absolute Gasteiger partial charge is 0.315 e. The van der Waals surface area contributed by atoms with Gasteiger partial charge in [-0.15, -0.1) is 0 Å². The highest BCUT2D eigenvalue weighted by Gasteiger charge is 2.29. The van der Waals surface area contributed by atoms with Gasteiger partial charge in [0.25, 0.3) is 0 Å². The highest BCUT2D eigenvalue weighted by Crippen LogP contribution is 2.41. The van der Waals surface area contributed by atoms with E-state index in [-0.39, 0.29) is 18.2 Å². The zero-order valence-corrected chi connectivity index (χ0v) is 14.9. The van der Waals surface area contributed by atoms with E-state index in [1.165, 1.54) is 11.1 Å². The standard InChI is InChI=1S/C20H26N4O2/c25-15(5-3-4-10-22-20(26)23-14-8-9-14)11-18-16-6-1-2-7-17(16)19-12-21-13-24(18)19/h1-2,6-7,12-15,18,25H,3-5,8-11H2,(H2,22,23,26). The van der Waals surface area contributed by atoms with Crippen LogP contribution in [0, 0.1) is 0 Å². The van der Waals surface area contributed by atoms with Crippen molar-refractivity contribution in [3.63, 3.8) is 0 Å². The van der Waals surface area contributed by atoms with E-state index < -0.39 is 0 Å². The van der Waals surface area contributed by atoms with Crippen LogP contribution in [-0.2, 0) is 0 Å². The van der Waals surface area contributed by atoms with Crippen LogP contribution in [0.4, 0.5) is 4.79 Å². The SMILES string of the molecule is O=C(NCCCCC(O)CC1c2ccccc2-c2cncn21)NC1CC1. The lowest BCUT2D eigenvalue weighted by atomic mass is 9.97. The molecule has 2 amide bonds. The molecule has 0 spiro atoms. The van der Waals surface area contributed by atoms with Crippen molar-refractivity contribution in [3.8, 4) is 11.3 Å².